The number of aryl methyl sites for hydroxylation is 1. The van der Waals surface area contributed by atoms with Crippen molar-refractivity contribution in [2.24, 2.45) is 16.0 Å². The number of aromatic nitrogens is 2. The molecule has 0 saturated carbocycles. The van der Waals surface area contributed by atoms with Crippen LogP contribution in [0.4, 0.5) is 11.4 Å². The minimum absolute atomic E-state index is 0.103. The van der Waals surface area contributed by atoms with Crippen molar-refractivity contribution in [3.05, 3.63) is 34.4 Å². The summed E-state index contributed by atoms with van der Waals surface area (Å²) < 4.78 is 7.86. The molecule has 2 aromatic rings. The van der Waals surface area contributed by atoms with E-state index < -0.39 is 0 Å². The Morgan fingerprint density at radius 1 is 1.38 bits per heavy atom. The number of halogens is 1. The topological polar surface area (TPSA) is 77.8 Å². The van der Waals surface area contributed by atoms with Gasteiger partial charge in [0.05, 0.1) is 18.0 Å². The summed E-state index contributed by atoms with van der Waals surface area (Å²) >= 11 is 8.32. The van der Waals surface area contributed by atoms with Crippen molar-refractivity contribution < 1.29 is 4.74 Å². The van der Waals surface area contributed by atoms with Crippen LogP contribution in [0.5, 0.6) is 5.88 Å². The van der Waals surface area contributed by atoms with Crippen LogP contribution in [0, 0.1) is 6.92 Å². The molecule has 0 spiro atoms. The molecule has 6 nitrogen and oxygen atoms in total. The second kappa shape index (κ2) is 6.77. The highest BCUT2D eigenvalue weighted by Gasteiger charge is 2.18. The Balaban J connectivity index is 2.38. The van der Waals surface area contributed by atoms with Crippen molar-refractivity contribution in [2.75, 3.05) is 6.61 Å². The fourth-order valence-electron chi connectivity index (χ4n) is 1.64. The molecule has 1 heterocycles. The SMILES string of the molecule is CCOc1c(N=Nc2ccc(Br)cc2)c(C)nn1C(N)=S. The number of thiocarbonyl (C=S) groups is 1. The minimum Gasteiger partial charge on any atom is -0.476 e. The monoisotopic (exact) mass is 367 g/mol. The van der Waals surface area contributed by atoms with Gasteiger partial charge in [0.1, 0.15) is 0 Å². The standard InChI is InChI=1S/C13H14BrN5OS/c1-3-20-12-11(8(2)18-19(12)13(15)21)17-16-10-6-4-9(14)5-7-10/h4-7H,3H2,1-2H3,(H2,15,21). The smallest absolute Gasteiger partial charge is 0.247 e. The zero-order valence-electron chi connectivity index (χ0n) is 11.6. The lowest BCUT2D eigenvalue weighted by Crippen LogP contribution is -2.21. The van der Waals surface area contributed by atoms with Crippen LogP contribution >= 0.6 is 28.1 Å². The van der Waals surface area contributed by atoms with Crippen molar-refractivity contribution in [1.82, 2.24) is 9.78 Å². The number of azo groups is 1. The normalized spacial score (nSPS) is 11.0. The Hall–Kier alpha value is -1.80. The van der Waals surface area contributed by atoms with Crippen LogP contribution in [0.2, 0.25) is 0 Å². The van der Waals surface area contributed by atoms with Crippen LogP contribution in [0.3, 0.4) is 0 Å². The van der Waals surface area contributed by atoms with Crippen molar-refractivity contribution in [1.29, 1.82) is 0 Å². The van der Waals surface area contributed by atoms with Crippen molar-refractivity contribution in [3.8, 4) is 5.88 Å². The molecular weight excluding hydrogens is 354 g/mol. The van der Waals surface area contributed by atoms with E-state index in [9.17, 15) is 0 Å². The average Bonchev–Trinajstić information content (AvgIpc) is 2.76. The summed E-state index contributed by atoms with van der Waals surface area (Å²) in [6.07, 6.45) is 0. The van der Waals surface area contributed by atoms with E-state index in [0.29, 0.717) is 23.9 Å². The molecule has 2 rings (SSSR count). The van der Waals surface area contributed by atoms with Crippen molar-refractivity contribution >= 4 is 44.6 Å². The quantitative estimate of drug-likeness (QED) is 0.657. The van der Waals surface area contributed by atoms with E-state index in [1.807, 2.05) is 31.2 Å². The summed E-state index contributed by atoms with van der Waals surface area (Å²) in [6.45, 7) is 4.11. The van der Waals surface area contributed by atoms with Crippen molar-refractivity contribution in [3.63, 3.8) is 0 Å². The second-order valence-electron chi connectivity index (χ2n) is 4.10. The third kappa shape index (κ3) is 3.64. The Morgan fingerprint density at radius 3 is 2.62 bits per heavy atom. The lowest BCUT2D eigenvalue weighted by Gasteiger charge is -2.05. The van der Waals surface area contributed by atoms with E-state index >= 15 is 0 Å². The molecule has 0 aliphatic rings. The van der Waals surface area contributed by atoms with Crippen LogP contribution < -0.4 is 10.5 Å². The van der Waals surface area contributed by atoms with Gasteiger partial charge in [-0.15, -0.1) is 5.11 Å². The molecule has 0 aliphatic carbocycles. The van der Waals surface area contributed by atoms with Gasteiger partial charge in [0.15, 0.2) is 10.8 Å². The first-order valence-electron chi connectivity index (χ1n) is 6.22. The molecule has 1 aromatic heterocycles. The zero-order chi connectivity index (χ0) is 15.4. The van der Waals surface area contributed by atoms with Gasteiger partial charge in [-0.2, -0.15) is 14.9 Å². The molecule has 21 heavy (non-hydrogen) atoms. The molecule has 1 aromatic carbocycles. The number of ether oxygens (including phenoxy) is 1. The molecular formula is C13H14BrN5OS. The Labute approximate surface area is 136 Å². The lowest BCUT2D eigenvalue weighted by molar-refractivity contribution is 0.320. The molecule has 0 atom stereocenters. The first-order chi connectivity index (χ1) is 10.0. The Bertz CT molecular complexity index is 681. The number of rotatable bonds is 4. The summed E-state index contributed by atoms with van der Waals surface area (Å²) in [7, 11) is 0. The number of hydrogen-bond acceptors (Lipinski definition) is 5. The highest BCUT2D eigenvalue weighted by Crippen LogP contribution is 2.32. The van der Waals surface area contributed by atoms with Gasteiger partial charge in [0, 0.05) is 4.47 Å². The van der Waals surface area contributed by atoms with Crippen LogP contribution in [0.25, 0.3) is 0 Å². The predicted molar refractivity (Wildman–Crippen MR) is 88.6 cm³/mol. The Morgan fingerprint density at radius 2 is 2.05 bits per heavy atom. The van der Waals surface area contributed by atoms with Gasteiger partial charge in [0.25, 0.3) is 0 Å². The van der Waals surface area contributed by atoms with Gasteiger partial charge >= 0.3 is 0 Å². The third-order valence-corrected chi connectivity index (χ3v) is 3.27. The van der Waals surface area contributed by atoms with Gasteiger partial charge in [-0.25, -0.2) is 0 Å². The molecule has 0 saturated heterocycles. The fourth-order valence-corrected chi connectivity index (χ4v) is 2.03. The summed E-state index contributed by atoms with van der Waals surface area (Å²) in [5.41, 5.74) is 7.52. The molecule has 0 aliphatic heterocycles. The summed E-state index contributed by atoms with van der Waals surface area (Å²) in [5, 5.41) is 12.7. The fraction of sp³-hybridized carbons (Fsp3) is 0.231. The molecule has 0 unspecified atom stereocenters. The summed E-state index contributed by atoms with van der Waals surface area (Å²) in [6, 6.07) is 7.48. The first kappa shape index (κ1) is 15.6. The average molecular weight is 368 g/mol. The van der Waals surface area contributed by atoms with Crippen molar-refractivity contribution in [2.45, 2.75) is 13.8 Å². The number of benzene rings is 1. The third-order valence-electron chi connectivity index (χ3n) is 2.57. The maximum atomic E-state index is 5.63. The van der Waals surface area contributed by atoms with E-state index in [1.165, 1.54) is 4.68 Å². The van der Waals surface area contributed by atoms with E-state index in [4.69, 9.17) is 22.7 Å². The molecule has 0 fully saturated rings. The second-order valence-corrected chi connectivity index (χ2v) is 5.43. The predicted octanol–water partition coefficient (Wildman–Crippen LogP) is 3.86. The first-order valence-corrected chi connectivity index (χ1v) is 7.42. The maximum absolute atomic E-state index is 5.63. The minimum atomic E-state index is 0.103. The largest absolute Gasteiger partial charge is 0.476 e. The zero-order valence-corrected chi connectivity index (χ0v) is 14.0. The lowest BCUT2D eigenvalue weighted by atomic mass is 10.3. The van der Waals surface area contributed by atoms with E-state index in [2.05, 4.69) is 31.3 Å². The molecule has 110 valence electrons. The molecule has 2 N–H and O–H groups in total. The maximum Gasteiger partial charge on any atom is 0.247 e. The highest BCUT2D eigenvalue weighted by molar-refractivity contribution is 9.10. The molecule has 0 bridgehead atoms. The van der Waals surface area contributed by atoms with Gasteiger partial charge in [0.2, 0.25) is 5.88 Å². The van der Waals surface area contributed by atoms with Gasteiger partial charge in [-0.3, -0.25) is 0 Å². The summed E-state index contributed by atoms with van der Waals surface area (Å²) in [4.78, 5) is 0. The van der Waals surface area contributed by atoms with Gasteiger partial charge in [-0.1, -0.05) is 15.9 Å². The number of nitrogens with zero attached hydrogens (tertiary/aromatic N) is 4. The van der Waals surface area contributed by atoms with Crippen LogP contribution in [-0.4, -0.2) is 21.5 Å². The molecule has 8 heteroatoms. The highest BCUT2D eigenvalue weighted by atomic mass is 79.9. The Kier molecular flexibility index (Phi) is 5.03. The number of hydrogen-bond donors (Lipinski definition) is 1. The van der Waals surface area contributed by atoms with Crippen LogP contribution in [0.1, 0.15) is 12.6 Å². The molecule has 0 radical (unpaired) electrons. The van der Waals surface area contributed by atoms with Crippen LogP contribution in [0.15, 0.2) is 39.0 Å². The van der Waals surface area contributed by atoms with Crippen LogP contribution in [-0.2, 0) is 0 Å². The van der Waals surface area contributed by atoms with E-state index in [1.54, 1.807) is 6.92 Å². The van der Waals surface area contributed by atoms with Gasteiger partial charge < -0.3 is 10.5 Å². The van der Waals surface area contributed by atoms with E-state index in [0.717, 1.165) is 10.2 Å². The molecule has 0 amide bonds. The summed E-state index contributed by atoms with van der Waals surface area (Å²) in [5.74, 6) is 0.406. The van der Waals surface area contributed by atoms with Gasteiger partial charge in [-0.05, 0) is 50.3 Å². The van der Waals surface area contributed by atoms with E-state index in [-0.39, 0.29) is 5.11 Å². The number of nitrogens with two attached hydrogens (primary N) is 1.